The van der Waals surface area contributed by atoms with E-state index in [1.165, 1.54) is 0 Å². The van der Waals surface area contributed by atoms with E-state index in [1.807, 2.05) is 29.3 Å². The Balaban J connectivity index is 1.28. The first-order valence-corrected chi connectivity index (χ1v) is 11.3. The second-order valence-corrected chi connectivity index (χ2v) is 9.06. The molecule has 0 bridgehead atoms. The third kappa shape index (κ3) is 3.37. The average Bonchev–Trinajstić information content (AvgIpc) is 3.19. The summed E-state index contributed by atoms with van der Waals surface area (Å²) in [6.45, 7) is 1.28. The van der Waals surface area contributed by atoms with Gasteiger partial charge in [-0.25, -0.2) is 14.5 Å². The van der Waals surface area contributed by atoms with E-state index in [2.05, 4.69) is 20.4 Å². The first-order valence-electron chi connectivity index (χ1n) is 11.3. The van der Waals surface area contributed by atoms with E-state index in [0.29, 0.717) is 16.9 Å². The van der Waals surface area contributed by atoms with Gasteiger partial charge in [-0.1, -0.05) is 0 Å². The Morgan fingerprint density at radius 1 is 1.09 bits per heavy atom. The van der Waals surface area contributed by atoms with E-state index in [4.69, 9.17) is 0 Å². The number of amides is 1. The maximum absolute atomic E-state index is 13.2. The Morgan fingerprint density at radius 3 is 2.62 bits per heavy atom. The molecule has 0 atom stereocenters. The summed E-state index contributed by atoms with van der Waals surface area (Å²) in [5, 5.41) is 7.08. The number of alkyl halides is 3. The van der Waals surface area contributed by atoms with Crippen molar-refractivity contribution >= 4 is 23.0 Å². The number of hydrogen-bond acceptors (Lipinski definition) is 5. The topological polar surface area (TPSA) is 79.8 Å². The van der Waals surface area contributed by atoms with Crippen LogP contribution in [0, 0.1) is 5.41 Å². The van der Waals surface area contributed by atoms with E-state index < -0.39 is 11.6 Å². The van der Waals surface area contributed by atoms with Crippen molar-refractivity contribution < 1.29 is 18.0 Å². The van der Waals surface area contributed by atoms with Crippen LogP contribution in [-0.2, 0) is 0 Å². The summed E-state index contributed by atoms with van der Waals surface area (Å²) in [4.78, 5) is 23.4. The lowest BCUT2D eigenvalue weighted by Crippen LogP contribution is -2.32. The van der Waals surface area contributed by atoms with E-state index in [-0.39, 0.29) is 31.2 Å². The van der Waals surface area contributed by atoms with Crippen molar-refractivity contribution in [3.8, 4) is 11.1 Å². The van der Waals surface area contributed by atoms with E-state index in [9.17, 15) is 18.0 Å². The van der Waals surface area contributed by atoms with Gasteiger partial charge in [0.1, 0.15) is 11.3 Å². The number of fused-ring (bicyclic) bond motifs is 2. The maximum atomic E-state index is 13.2. The number of hydrogen-bond donors (Lipinski definition) is 1. The lowest BCUT2D eigenvalue weighted by Gasteiger charge is -2.19. The quantitative estimate of drug-likeness (QED) is 0.477. The number of carbonyl (C=O) groups is 1. The van der Waals surface area contributed by atoms with Crippen molar-refractivity contribution in [2.45, 2.75) is 31.9 Å². The van der Waals surface area contributed by atoms with Gasteiger partial charge in [-0.05, 0) is 43.9 Å². The molecular formula is C23H22F3N7O. The first kappa shape index (κ1) is 20.9. The molecule has 34 heavy (non-hydrogen) atoms. The first-order chi connectivity index (χ1) is 16.3. The Bertz CT molecular complexity index is 1400. The highest BCUT2D eigenvalue weighted by Crippen LogP contribution is 2.57. The molecule has 0 spiro atoms. The van der Waals surface area contributed by atoms with Crippen LogP contribution in [0.15, 0.2) is 43.0 Å². The molecule has 0 unspecified atom stereocenters. The van der Waals surface area contributed by atoms with E-state index in [1.54, 1.807) is 27.5 Å². The van der Waals surface area contributed by atoms with Gasteiger partial charge < -0.3 is 10.2 Å². The highest BCUT2D eigenvalue weighted by atomic mass is 19.4. The van der Waals surface area contributed by atoms with Gasteiger partial charge in [0.25, 0.3) is 5.91 Å². The summed E-state index contributed by atoms with van der Waals surface area (Å²) in [6.07, 6.45) is 4.84. The second kappa shape index (κ2) is 7.44. The number of nitrogens with zero attached hydrogens (tertiary/aromatic N) is 6. The molecule has 0 radical (unpaired) electrons. The number of carbonyl (C=O) groups excluding carboxylic acids is 1. The van der Waals surface area contributed by atoms with Crippen molar-refractivity contribution in [3.63, 3.8) is 0 Å². The summed E-state index contributed by atoms with van der Waals surface area (Å²) < 4.78 is 42.9. The minimum absolute atomic E-state index is 0.0322. The van der Waals surface area contributed by atoms with E-state index in [0.717, 1.165) is 37.1 Å². The SMILES string of the molecule is O=C(c1cnc2ccc(-c3ccn4nc(NCC5(C(F)(F)F)CC5)ncc34)cn12)N1CCCC1. The molecule has 2 aliphatic rings. The van der Waals surface area contributed by atoms with Gasteiger partial charge in [-0.2, -0.15) is 13.2 Å². The van der Waals surface area contributed by atoms with Crippen LogP contribution >= 0.6 is 0 Å². The highest BCUT2D eigenvalue weighted by Gasteiger charge is 2.63. The molecule has 1 aliphatic heterocycles. The molecule has 1 N–H and O–H groups in total. The van der Waals surface area contributed by atoms with Crippen molar-refractivity contribution in [2.75, 3.05) is 25.0 Å². The number of imidazole rings is 1. The number of nitrogens with one attached hydrogen (secondary N) is 1. The van der Waals surface area contributed by atoms with Crippen LogP contribution in [0.25, 0.3) is 22.3 Å². The summed E-state index contributed by atoms with van der Waals surface area (Å²) in [6, 6.07) is 5.63. The predicted octanol–water partition coefficient (Wildman–Crippen LogP) is 4.03. The zero-order valence-electron chi connectivity index (χ0n) is 18.2. The largest absolute Gasteiger partial charge is 0.396 e. The number of anilines is 1. The summed E-state index contributed by atoms with van der Waals surface area (Å²) >= 11 is 0. The standard InChI is InChI=1S/C23H22F3N7O/c24-23(25,26)22(6-7-22)14-29-21-28-11-17-16(5-10-33(17)30-21)15-3-4-19-27-12-18(32(19)13-15)20(34)31-8-1-2-9-31/h3-5,10-13H,1-2,6-9,14H2,(H,29,30). The molecule has 11 heteroatoms. The minimum Gasteiger partial charge on any atom is -0.352 e. The van der Waals surface area contributed by atoms with Crippen LogP contribution in [0.1, 0.15) is 36.2 Å². The van der Waals surface area contributed by atoms with Crippen LogP contribution in [-0.4, -0.2) is 60.6 Å². The lowest BCUT2D eigenvalue weighted by atomic mass is 10.1. The zero-order chi connectivity index (χ0) is 23.5. The van der Waals surface area contributed by atoms with Gasteiger partial charge in [0, 0.05) is 43.2 Å². The molecule has 4 aromatic rings. The van der Waals surface area contributed by atoms with Crippen molar-refractivity contribution in [1.82, 2.24) is 28.9 Å². The summed E-state index contributed by atoms with van der Waals surface area (Å²) in [7, 11) is 0. The Morgan fingerprint density at radius 2 is 1.88 bits per heavy atom. The minimum atomic E-state index is -4.23. The zero-order valence-corrected chi connectivity index (χ0v) is 18.2. The van der Waals surface area contributed by atoms with Gasteiger partial charge in [0.15, 0.2) is 0 Å². The van der Waals surface area contributed by atoms with Crippen LogP contribution in [0.4, 0.5) is 19.1 Å². The molecule has 176 valence electrons. The fraction of sp³-hybridized carbons (Fsp3) is 0.391. The molecule has 8 nitrogen and oxygen atoms in total. The lowest BCUT2D eigenvalue weighted by molar-refractivity contribution is -0.182. The van der Waals surface area contributed by atoms with Crippen LogP contribution in [0.5, 0.6) is 0 Å². The van der Waals surface area contributed by atoms with Crippen molar-refractivity contribution in [2.24, 2.45) is 5.41 Å². The predicted molar refractivity (Wildman–Crippen MR) is 119 cm³/mol. The number of halogens is 3. The molecule has 6 rings (SSSR count). The summed E-state index contributed by atoms with van der Waals surface area (Å²) in [5.41, 5.74) is 1.92. The molecule has 5 heterocycles. The fourth-order valence-corrected chi connectivity index (χ4v) is 4.57. The summed E-state index contributed by atoms with van der Waals surface area (Å²) in [5.74, 6) is 0.115. The van der Waals surface area contributed by atoms with Crippen molar-refractivity contribution in [1.29, 1.82) is 0 Å². The number of aromatic nitrogens is 5. The molecule has 1 saturated carbocycles. The van der Waals surface area contributed by atoms with Gasteiger partial charge in [-0.3, -0.25) is 9.20 Å². The highest BCUT2D eigenvalue weighted by molar-refractivity contribution is 5.93. The van der Waals surface area contributed by atoms with Crippen LogP contribution in [0.2, 0.25) is 0 Å². The Hall–Kier alpha value is -3.63. The Labute approximate surface area is 192 Å². The molecule has 1 amide bonds. The fourth-order valence-electron chi connectivity index (χ4n) is 4.57. The van der Waals surface area contributed by atoms with Gasteiger partial charge in [0.2, 0.25) is 5.95 Å². The molecular weight excluding hydrogens is 447 g/mol. The van der Waals surface area contributed by atoms with E-state index >= 15 is 0 Å². The number of rotatable bonds is 5. The number of pyridine rings is 1. The molecule has 1 aliphatic carbocycles. The average molecular weight is 469 g/mol. The normalized spacial score (nSPS) is 17.6. The van der Waals surface area contributed by atoms with Crippen LogP contribution < -0.4 is 5.32 Å². The van der Waals surface area contributed by atoms with Gasteiger partial charge in [-0.15, -0.1) is 5.10 Å². The molecule has 2 fully saturated rings. The molecule has 0 aromatic carbocycles. The third-order valence-corrected chi connectivity index (χ3v) is 6.89. The van der Waals surface area contributed by atoms with Gasteiger partial charge in [0.05, 0.1) is 23.3 Å². The third-order valence-electron chi connectivity index (χ3n) is 6.89. The van der Waals surface area contributed by atoms with Gasteiger partial charge >= 0.3 is 6.18 Å². The van der Waals surface area contributed by atoms with Crippen LogP contribution in [0.3, 0.4) is 0 Å². The molecule has 1 saturated heterocycles. The molecule has 4 aromatic heterocycles. The smallest absolute Gasteiger partial charge is 0.352 e. The second-order valence-electron chi connectivity index (χ2n) is 9.06. The van der Waals surface area contributed by atoms with Crippen molar-refractivity contribution in [3.05, 3.63) is 48.7 Å². The Kier molecular flexibility index (Phi) is 4.58. The monoisotopic (exact) mass is 469 g/mol. The maximum Gasteiger partial charge on any atom is 0.396 e. The number of likely N-dealkylation sites (tertiary alicyclic amines) is 1.